The Kier molecular flexibility index (Phi) is 4.02. The van der Waals surface area contributed by atoms with Crippen molar-refractivity contribution in [2.24, 2.45) is 11.8 Å². The van der Waals surface area contributed by atoms with E-state index in [0.717, 1.165) is 48.1 Å². The van der Waals surface area contributed by atoms with Crippen molar-refractivity contribution in [1.82, 2.24) is 9.97 Å². The van der Waals surface area contributed by atoms with Crippen LogP contribution in [-0.2, 0) is 0 Å². The molecule has 0 aromatic carbocycles. The number of nitrogens with one attached hydrogen (secondary N) is 1. The molecule has 5 heteroatoms. The molecule has 114 valence electrons. The Hall–Kier alpha value is -1.36. The highest BCUT2D eigenvalue weighted by Gasteiger charge is 2.27. The molecule has 1 N–H and O–H groups in total. The van der Waals surface area contributed by atoms with Crippen LogP contribution in [0.3, 0.4) is 0 Å². The first kappa shape index (κ1) is 14.6. The number of anilines is 2. The topological polar surface area (TPSA) is 41.1 Å². The highest BCUT2D eigenvalue weighted by atomic mass is 32.1. The molecule has 0 aliphatic carbocycles. The van der Waals surface area contributed by atoms with Crippen molar-refractivity contribution in [1.29, 1.82) is 0 Å². The van der Waals surface area contributed by atoms with Gasteiger partial charge >= 0.3 is 0 Å². The number of aryl methyl sites for hydroxylation is 1. The largest absolute Gasteiger partial charge is 0.356 e. The van der Waals surface area contributed by atoms with Gasteiger partial charge in [0, 0.05) is 24.5 Å². The van der Waals surface area contributed by atoms with E-state index >= 15 is 0 Å². The third-order valence-electron chi connectivity index (χ3n) is 4.30. The molecule has 3 heterocycles. The molecule has 21 heavy (non-hydrogen) atoms. The first-order valence-corrected chi connectivity index (χ1v) is 8.67. The van der Waals surface area contributed by atoms with Crippen molar-refractivity contribution in [3.05, 3.63) is 10.9 Å². The summed E-state index contributed by atoms with van der Waals surface area (Å²) >= 11 is 1.75. The van der Waals surface area contributed by atoms with Gasteiger partial charge in [-0.25, -0.2) is 4.98 Å². The summed E-state index contributed by atoms with van der Waals surface area (Å²) in [5, 5.41) is 4.48. The molecule has 0 saturated carbocycles. The second kappa shape index (κ2) is 5.79. The quantitative estimate of drug-likeness (QED) is 0.929. The van der Waals surface area contributed by atoms with E-state index in [2.05, 4.69) is 49.0 Å². The zero-order valence-corrected chi connectivity index (χ0v) is 14.1. The molecule has 1 atom stereocenters. The first-order chi connectivity index (χ1) is 10.1. The number of hydrogen-bond donors (Lipinski definition) is 1. The van der Waals surface area contributed by atoms with Gasteiger partial charge in [-0.3, -0.25) is 0 Å². The van der Waals surface area contributed by atoms with Crippen LogP contribution >= 0.6 is 11.3 Å². The normalized spacial score (nSPS) is 18.9. The van der Waals surface area contributed by atoms with Gasteiger partial charge in [-0.2, -0.15) is 4.98 Å². The van der Waals surface area contributed by atoms with Crippen molar-refractivity contribution in [3.63, 3.8) is 0 Å². The average molecular weight is 304 g/mol. The minimum Gasteiger partial charge on any atom is -0.356 e. The van der Waals surface area contributed by atoms with E-state index in [9.17, 15) is 0 Å². The van der Waals surface area contributed by atoms with Gasteiger partial charge in [-0.15, -0.1) is 11.3 Å². The standard InChI is InChI=1S/C16H24N4S/c1-5-17-16-18-14(13-8-11(4)21-15(13)19-16)20-7-6-12(9-20)10(2)3/h8,10,12H,5-7,9H2,1-4H3,(H,17,18,19). The zero-order valence-electron chi connectivity index (χ0n) is 13.3. The smallest absolute Gasteiger partial charge is 0.226 e. The Morgan fingerprint density at radius 3 is 2.90 bits per heavy atom. The van der Waals surface area contributed by atoms with E-state index in [1.807, 2.05) is 0 Å². The van der Waals surface area contributed by atoms with Gasteiger partial charge in [-0.05, 0) is 38.2 Å². The van der Waals surface area contributed by atoms with Crippen LogP contribution in [0, 0.1) is 18.8 Å². The van der Waals surface area contributed by atoms with Crippen LogP contribution in [0.15, 0.2) is 6.07 Å². The molecule has 0 spiro atoms. The number of thiophene rings is 1. The molecule has 0 bridgehead atoms. The summed E-state index contributed by atoms with van der Waals surface area (Å²) in [5.41, 5.74) is 0. The molecule has 1 aliphatic rings. The first-order valence-electron chi connectivity index (χ1n) is 7.85. The van der Waals surface area contributed by atoms with Crippen molar-refractivity contribution in [2.45, 2.75) is 34.1 Å². The van der Waals surface area contributed by atoms with Gasteiger partial charge in [0.25, 0.3) is 0 Å². The predicted molar refractivity (Wildman–Crippen MR) is 91.5 cm³/mol. The summed E-state index contributed by atoms with van der Waals surface area (Å²) in [6, 6.07) is 2.23. The Labute approximate surface area is 130 Å². The molecule has 2 aromatic heterocycles. The molecular weight excluding hydrogens is 280 g/mol. The van der Waals surface area contributed by atoms with Gasteiger partial charge in [0.05, 0.1) is 5.39 Å². The van der Waals surface area contributed by atoms with Crippen LogP contribution < -0.4 is 10.2 Å². The third kappa shape index (κ3) is 2.84. The van der Waals surface area contributed by atoms with E-state index in [0.29, 0.717) is 0 Å². The fraction of sp³-hybridized carbons (Fsp3) is 0.625. The summed E-state index contributed by atoms with van der Waals surface area (Å²) in [7, 11) is 0. The lowest BCUT2D eigenvalue weighted by Gasteiger charge is -2.20. The fourth-order valence-corrected chi connectivity index (χ4v) is 3.90. The number of nitrogens with zero attached hydrogens (tertiary/aromatic N) is 3. The maximum Gasteiger partial charge on any atom is 0.226 e. The average Bonchev–Trinajstić information content (AvgIpc) is 3.03. The van der Waals surface area contributed by atoms with Gasteiger partial charge < -0.3 is 10.2 Å². The minimum absolute atomic E-state index is 0.741. The van der Waals surface area contributed by atoms with Crippen LogP contribution in [0.5, 0.6) is 0 Å². The molecule has 4 nitrogen and oxygen atoms in total. The van der Waals surface area contributed by atoms with Crippen molar-refractivity contribution < 1.29 is 0 Å². The lowest BCUT2D eigenvalue weighted by molar-refractivity contribution is 0.422. The summed E-state index contributed by atoms with van der Waals surface area (Å²) < 4.78 is 0. The zero-order chi connectivity index (χ0) is 15.0. The van der Waals surface area contributed by atoms with Crippen LogP contribution in [0.2, 0.25) is 0 Å². The predicted octanol–water partition coefficient (Wildman–Crippen LogP) is 3.91. The molecule has 3 rings (SSSR count). The van der Waals surface area contributed by atoms with E-state index in [1.165, 1.54) is 16.7 Å². The van der Waals surface area contributed by atoms with Crippen LogP contribution in [0.4, 0.5) is 11.8 Å². The summed E-state index contributed by atoms with van der Waals surface area (Å²) in [5.74, 6) is 3.39. The van der Waals surface area contributed by atoms with E-state index < -0.39 is 0 Å². The van der Waals surface area contributed by atoms with Crippen molar-refractivity contribution in [2.75, 3.05) is 29.9 Å². The third-order valence-corrected chi connectivity index (χ3v) is 5.24. The Morgan fingerprint density at radius 1 is 1.43 bits per heavy atom. The Morgan fingerprint density at radius 2 is 2.24 bits per heavy atom. The number of fused-ring (bicyclic) bond motifs is 1. The summed E-state index contributed by atoms with van der Waals surface area (Å²) in [6.45, 7) is 11.9. The molecule has 0 amide bonds. The molecule has 1 saturated heterocycles. The minimum atomic E-state index is 0.741. The molecule has 0 radical (unpaired) electrons. The van der Waals surface area contributed by atoms with Gasteiger partial charge in [0.2, 0.25) is 5.95 Å². The van der Waals surface area contributed by atoms with Gasteiger partial charge in [0.1, 0.15) is 10.6 Å². The Balaban J connectivity index is 2.00. The fourth-order valence-electron chi connectivity index (χ4n) is 3.03. The SMILES string of the molecule is CCNc1nc(N2CCC(C(C)C)C2)c2cc(C)sc2n1. The molecule has 1 fully saturated rings. The van der Waals surface area contributed by atoms with Crippen LogP contribution in [0.1, 0.15) is 32.1 Å². The molecule has 1 unspecified atom stereocenters. The highest BCUT2D eigenvalue weighted by molar-refractivity contribution is 7.18. The highest BCUT2D eigenvalue weighted by Crippen LogP contribution is 2.35. The lowest BCUT2D eigenvalue weighted by Crippen LogP contribution is -2.23. The van der Waals surface area contributed by atoms with Gasteiger partial charge in [0.15, 0.2) is 0 Å². The number of aromatic nitrogens is 2. The molecular formula is C16H24N4S. The Bertz CT molecular complexity index is 634. The van der Waals surface area contributed by atoms with Crippen LogP contribution in [0.25, 0.3) is 10.2 Å². The number of hydrogen-bond acceptors (Lipinski definition) is 5. The second-order valence-electron chi connectivity index (χ2n) is 6.22. The monoisotopic (exact) mass is 304 g/mol. The maximum atomic E-state index is 4.79. The maximum absolute atomic E-state index is 4.79. The molecule has 2 aromatic rings. The second-order valence-corrected chi connectivity index (χ2v) is 7.45. The lowest BCUT2D eigenvalue weighted by atomic mass is 9.95. The summed E-state index contributed by atoms with van der Waals surface area (Å²) in [4.78, 5) is 14.3. The van der Waals surface area contributed by atoms with Crippen LogP contribution in [-0.4, -0.2) is 29.6 Å². The van der Waals surface area contributed by atoms with Crippen molar-refractivity contribution >= 4 is 33.3 Å². The molecule has 1 aliphatic heterocycles. The van der Waals surface area contributed by atoms with Crippen molar-refractivity contribution in [3.8, 4) is 0 Å². The van der Waals surface area contributed by atoms with E-state index in [1.54, 1.807) is 11.3 Å². The van der Waals surface area contributed by atoms with E-state index in [-0.39, 0.29) is 0 Å². The van der Waals surface area contributed by atoms with Gasteiger partial charge in [-0.1, -0.05) is 13.8 Å². The van der Waals surface area contributed by atoms with E-state index in [4.69, 9.17) is 4.98 Å². The summed E-state index contributed by atoms with van der Waals surface area (Å²) in [6.07, 6.45) is 1.27. The number of rotatable bonds is 4.